The maximum absolute atomic E-state index is 13.5. The summed E-state index contributed by atoms with van der Waals surface area (Å²) >= 11 is 1.56. The van der Waals surface area contributed by atoms with Crippen LogP contribution in [0.4, 0.5) is 0 Å². The third-order valence-corrected chi connectivity index (χ3v) is 6.75. The Labute approximate surface area is 209 Å². The van der Waals surface area contributed by atoms with Gasteiger partial charge in [0.05, 0.1) is 18.7 Å². The van der Waals surface area contributed by atoms with Crippen LogP contribution in [0, 0.1) is 0 Å². The number of amides is 1. The van der Waals surface area contributed by atoms with Gasteiger partial charge in [-0.1, -0.05) is 60.7 Å². The minimum absolute atomic E-state index is 0.0914. The summed E-state index contributed by atoms with van der Waals surface area (Å²) in [7, 11) is 0. The second-order valence-corrected chi connectivity index (χ2v) is 9.20. The van der Waals surface area contributed by atoms with E-state index in [2.05, 4.69) is 24.3 Å². The van der Waals surface area contributed by atoms with Crippen molar-refractivity contribution in [2.24, 2.45) is 0 Å². The molecule has 5 nitrogen and oxygen atoms in total. The first-order valence-electron chi connectivity index (χ1n) is 11.7. The van der Waals surface area contributed by atoms with Crippen LogP contribution in [-0.2, 0) is 24.3 Å². The van der Waals surface area contributed by atoms with Gasteiger partial charge < -0.3 is 9.64 Å². The molecule has 3 aromatic carbocycles. The highest BCUT2D eigenvalue weighted by Gasteiger charge is 2.18. The second kappa shape index (κ2) is 10.6. The van der Waals surface area contributed by atoms with E-state index in [1.807, 2.05) is 88.5 Å². The van der Waals surface area contributed by atoms with Gasteiger partial charge in [-0.15, -0.1) is 11.3 Å². The Kier molecular flexibility index (Phi) is 6.91. The lowest BCUT2D eigenvalue weighted by Gasteiger charge is -2.23. The summed E-state index contributed by atoms with van der Waals surface area (Å²) in [4.78, 5) is 21.1. The fourth-order valence-corrected chi connectivity index (χ4v) is 4.96. The molecule has 0 radical (unpaired) electrons. The van der Waals surface area contributed by atoms with Crippen molar-refractivity contribution in [3.63, 3.8) is 0 Å². The van der Waals surface area contributed by atoms with Crippen molar-refractivity contribution in [1.29, 1.82) is 0 Å². The molecule has 0 saturated heterocycles. The minimum Gasteiger partial charge on any atom is -0.494 e. The van der Waals surface area contributed by atoms with Crippen LogP contribution in [0.25, 0.3) is 16.2 Å². The Hall–Kier alpha value is -3.90. The first kappa shape index (κ1) is 22.9. The van der Waals surface area contributed by atoms with Crippen LogP contribution >= 0.6 is 11.3 Å². The fraction of sp³-hybridized carbons (Fsp3) is 0.172. The van der Waals surface area contributed by atoms with Crippen LogP contribution in [0.2, 0.25) is 0 Å². The number of imidazole rings is 1. The molecule has 0 atom stereocenters. The molecule has 2 heterocycles. The average molecular weight is 482 g/mol. The van der Waals surface area contributed by atoms with Gasteiger partial charge in [0.1, 0.15) is 5.75 Å². The van der Waals surface area contributed by atoms with E-state index in [4.69, 9.17) is 9.72 Å². The minimum atomic E-state index is 0.0914. The molecule has 0 unspecified atom stereocenters. The Morgan fingerprint density at radius 3 is 2.14 bits per heavy atom. The molecular formula is C29H27N3O2S. The predicted octanol–water partition coefficient (Wildman–Crippen LogP) is 6.23. The van der Waals surface area contributed by atoms with Crippen LogP contribution in [0.5, 0.6) is 5.75 Å². The summed E-state index contributed by atoms with van der Waals surface area (Å²) in [6, 6.07) is 28.2. The largest absolute Gasteiger partial charge is 0.494 e. The Balaban J connectivity index is 1.37. The lowest BCUT2D eigenvalue weighted by molar-refractivity contribution is -0.131. The molecule has 5 rings (SSSR count). The number of ether oxygens (including phenoxy) is 1. The van der Waals surface area contributed by atoms with Gasteiger partial charge in [0, 0.05) is 35.9 Å². The van der Waals surface area contributed by atoms with Gasteiger partial charge in [0.15, 0.2) is 4.96 Å². The van der Waals surface area contributed by atoms with Crippen LogP contribution in [0.3, 0.4) is 0 Å². The molecule has 0 aliphatic carbocycles. The van der Waals surface area contributed by atoms with Crippen molar-refractivity contribution >= 4 is 22.2 Å². The van der Waals surface area contributed by atoms with Crippen LogP contribution in [0.1, 0.15) is 23.7 Å². The first-order chi connectivity index (χ1) is 17.2. The number of thiazole rings is 1. The van der Waals surface area contributed by atoms with Crippen molar-refractivity contribution in [3.8, 4) is 17.0 Å². The third-order valence-electron chi connectivity index (χ3n) is 5.86. The SMILES string of the molecule is CCOc1ccc(-c2cn3c(CC(=O)N(Cc4ccccc4)Cc4ccccc4)csc3n2)cc1. The molecule has 1 amide bonds. The van der Waals surface area contributed by atoms with E-state index in [9.17, 15) is 4.79 Å². The summed E-state index contributed by atoms with van der Waals surface area (Å²) in [5.74, 6) is 0.939. The summed E-state index contributed by atoms with van der Waals surface area (Å²) in [6.45, 7) is 3.76. The highest BCUT2D eigenvalue weighted by molar-refractivity contribution is 7.15. The van der Waals surface area contributed by atoms with Crippen LogP contribution in [-0.4, -0.2) is 26.8 Å². The summed E-state index contributed by atoms with van der Waals surface area (Å²) < 4.78 is 7.58. The lowest BCUT2D eigenvalue weighted by atomic mass is 10.1. The molecule has 5 aromatic rings. The molecule has 0 aliphatic rings. The summed E-state index contributed by atoms with van der Waals surface area (Å²) in [6.07, 6.45) is 2.33. The maximum Gasteiger partial charge on any atom is 0.229 e. The number of hydrogen-bond donors (Lipinski definition) is 0. The van der Waals surface area contributed by atoms with E-state index in [1.54, 1.807) is 11.3 Å². The van der Waals surface area contributed by atoms with E-state index in [1.165, 1.54) is 0 Å². The second-order valence-electron chi connectivity index (χ2n) is 8.36. The third kappa shape index (κ3) is 5.44. The van der Waals surface area contributed by atoms with Crippen molar-refractivity contribution in [2.45, 2.75) is 26.4 Å². The number of aromatic nitrogens is 2. The van der Waals surface area contributed by atoms with Crippen LogP contribution < -0.4 is 4.74 Å². The molecule has 0 aliphatic heterocycles. The standard InChI is InChI=1S/C29H27N3O2S/c1-2-34-26-15-13-24(14-16-26)27-20-32-25(21-35-29(32)30-27)17-28(33)31(18-22-9-5-3-6-10-22)19-23-11-7-4-8-12-23/h3-16,20-21H,2,17-19H2,1H3. The van der Waals surface area contributed by atoms with Gasteiger partial charge in [0.2, 0.25) is 5.91 Å². The van der Waals surface area contributed by atoms with E-state index >= 15 is 0 Å². The molecule has 35 heavy (non-hydrogen) atoms. The first-order valence-corrected chi connectivity index (χ1v) is 12.6. The molecule has 0 spiro atoms. The number of rotatable bonds is 9. The normalized spacial score (nSPS) is 11.0. The van der Waals surface area contributed by atoms with Crippen molar-refractivity contribution in [2.75, 3.05) is 6.61 Å². The molecule has 0 bridgehead atoms. The van der Waals surface area contributed by atoms with Gasteiger partial charge >= 0.3 is 0 Å². The van der Waals surface area contributed by atoms with Crippen LogP contribution in [0.15, 0.2) is 96.5 Å². The Morgan fingerprint density at radius 2 is 1.54 bits per heavy atom. The molecule has 0 saturated carbocycles. The van der Waals surface area contributed by atoms with E-state index < -0.39 is 0 Å². The number of carbonyl (C=O) groups is 1. The zero-order chi connectivity index (χ0) is 24.0. The number of nitrogens with zero attached hydrogens (tertiary/aromatic N) is 3. The fourth-order valence-electron chi connectivity index (χ4n) is 4.09. The zero-order valence-corrected chi connectivity index (χ0v) is 20.4. The monoisotopic (exact) mass is 481 g/mol. The number of hydrogen-bond acceptors (Lipinski definition) is 4. The molecule has 0 fully saturated rings. The number of carbonyl (C=O) groups excluding carboxylic acids is 1. The van der Waals surface area contributed by atoms with Gasteiger partial charge in [0.25, 0.3) is 0 Å². The molecule has 2 aromatic heterocycles. The van der Waals surface area contributed by atoms with Crippen molar-refractivity contribution < 1.29 is 9.53 Å². The van der Waals surface area contributed by atoms with Crippen molar-refractivity contribution in [3.05, 3.63) is 113 Å². The van der Waals surface area contributed by atoms with Gasteiger partial charge in [-0.2, -0.15) is 0 Å². The maximum atomic E-state index is 13.5. The molecule has 0 N–H and O–H groups in total. The Bertz CT molecular complexity index is 1350. The predicted molar refractivity (Wildman–Crippen MR) is 141 cm³/mol. The Morgan fingerprint density at radius 1 is 0.914 bits per heavy atom. The lowest BCUT2D eigenvalue weighted by Crippen LogP contribution is -2.31. The average Bonchev–Trinajstić information content (AvgIpc) is 3.47. The molecule has 176 valence electrons. The number of fused-ring (bicyclic) bond motifs is 1. The molecular weight excluding hydrogens is 454 g/mol. The van der Waals surface area contributed by atoms with E-state index in [0.717, 1.165) is 38.8 Å². The topological polar surface area (TPSA) is 46.8 Å². The van der Waals surface area contributed by atoms with Crippen molar-refractivity contribution in [1.82, 2.24) is 14.3 Å². The highest BCUT2D eigenvalue weighted by atomic mass is 32.1. The quantitative estimate of drug-likeness (QED) is 0.251. The van der Waals surface area contributed by atoms with E-state index in [-0.39, 0.29) is 5.91 Å². The summed E-state index contributed by atoms with van der Waals surface area (Å²) in [5, 5.41) is 2.03. The summed E-state index contributed by atoms with van der Waals surface area (Å²) in [5.41, 5.74) is 5.10. The molecule has 6 heteroatoms. The zero-order valence-electron chi connectivity index (χ0n) is 19.6. The highest BCUT2D eigenvalue weighted by Crippen LogP contribution is 2.26. The van der Waals surface area contributed by atoms with E-state index in [0.29, 0.717) is 26.1 Å². The number of benzene rings is 3. The van der Waals surface area contributed by atoms with Gasteiger partial charge in [-0.25, -0.2) is 4.98 Å². The smallest absolute Gasteiger partial charge is 0.229 e. The van der Waals surface area contributed by atoms with Gasteiger partial charge in [-0.05, 0) is 42.3 Å². The van der Waals surface area contributed by atoms with Gasteiger partial charge in [-0.3, -0.25) is 9.20 Å².